The number of Topliss-reactive ketones (excluding diaryl/α,β-unsaturated/α-hetero) is 1. The lowest BCUT2D eigenvalue weighted by molar-refractivity contribution is -0.121. The molecular formula is C11H14ClNOS. The lowest BCUT2D eigenvalue weighted by Gasteiger charge is -2.25. The van der Waals surface area contributed by atoms with Crippen molar-refractivity contribution in [3.63, 3.8) is 0 Å². The summed E-state index contributed by atoms with van der Waals surface area (Å²) in [6, 6.07) is 4.03. The summed E-state index contributed by atoms with van der Waals surface area (Å²) in [7, 11) is 0. The van der Waals surface area contributed by atoms with Gasteiger partial charge in [0.2, 0.25) is 0 Å². The standard InChI is InChI=1S/C11H14ClNOS/c12-11-2-1-10(15-11)5-8-13-6-3-9(14)4-7-13/h1-2H,3-8H2. The molecule has 2 heterocycles. The molecule has 1 aliphatic heterocycles. The van der Waals surface area contributed by atoms with Crippen molar-refractivity contribution >= 4 is 28.7 Å². The Labute approximate surface area is 98.8 Å². The number of likely N-dealkylation sites (tertiary alicyclic amines) is 1. The molecule has 0 spiro atoms. The number of nitrogens with zero attached hydrogens (tertiary/aromatic N) is 1. The van der Waals surface area contributed by atoms with Gasteiger partial charge in [-0.3, -0.25) is 4.79 Å². The zero-order valence-corrected chi connectivity index (χ0v) is 10.1. The number of ketones is 1. The molecule has 15 heavy (non-hydrogen) atoms. The molecule has 0 aromatic carbocycles. The molecule has 1 aliphatic rings. The van der Waals surface area contributed by atoms with Gasteiger partial charge in [0.15, 0.2) is 0 Å². The minimum atomic E-state index is 0.408. The molecule has 1 aromatic heterocycles. The predicted octanol–water partition coefficient (Wildman–Crippen LogP) is 2.61. The predicted molar refractivity (Wildman–Crippen MR) is 63.7 cm³/mol. The van der Waals surface area contributed by atoms with Crippen LogP contribution in [-0.4, -0.2) is 30.3 Å². The van der Waals surface area contributed by atoms with Crippen molar-refractivity contribution in [1.82, 2.24) is 4.90 Å². The van der Waals surface area contributed by atoms with Crippen molar-refractivity contribution in [2.75, 3.05) is 19.6 Å². The monoisotopic (exact) mass is 243 g/mol. The fourth-order valence-electron chi connectivity index (χ4n) is 1.78. The molecule has 0 aliphatic carbocycles. The maximum atomic E-state index is 11.0. The number of thiophene rings is 1. The molecule has 0 bridgehead atoms. The smallest absolute Gasteiger partial charge is 0.135 e. The highest BCUT2D eigenvalue weighted by molar-refractivity contribution is 7.16. The van der Waals surface area contributed by atoms with Gasteiger partial charge in [-0.25, -0.2) is 0 Å². The molecule has 0 amide bonds. The molecule has 1 fully saturated rings. The number of piperidine rings is 1. The Balaban J connectivity index is 1.76. The Bertz CT molecular complexity index is 340. The van der Waals surface area contributed by atoms with E-state index in [1.165, 1.54) is 4.88 Å². The summed E-state index contributed by atoms with van der Waals surface area (Å²) in [4.78, 5) is 14.7. The minimum Gasteiger partial charge on any atom is -0.302 e. The molecule has 2 nitrogen and oxygen atoms in total. The molecule has 1 saturated heterocycles. The van der Waals surface area contributed by atoms with Crippen LogP contribution in [0.1, 0.15) is 17.7 Å². The normalized spacial score (nSPS) is 18.3. The van der Waals surface area contributed by atoms with E-state index in [1.54, 1.807) is 11.3 Å². The van der Waals surface area contributed by atoms with Gasteiger partial charge in [-0.1, -0.05) is 11.6 Å². The van der Waals surface area contributed by atoms with Gasteiger partial charge >= 0.3 is 0 Å². The summed E-state index contributed by atoms with van der Waals surface area (Å²) in [6.07, 6.45) is 2.50. The number of carbonyl (C=O) groups is 1. The third-order valence-corrected chi connectivity index (χ3v) is 4.01. The van der Waals surface area contributed by atoms with Crippen LogP contribution in [-0.2, 0) is 11.2 Å². The van der Waals surface area contributed by atoms with E-state index in [1.807, 2.05) is 6.07 Å². The molecule has 2 rings (SSSR count). The molecule has 4 heteroatoms. The largest absolute Gasteiger partial charge is 0.302 e. The molecule has 0 radical (unpaired) electrons. The van der Waals surface area contributed by atoms with E-state index in [0.29, 0.717) is 5.78 Å². The Hall–Kier alpha value is -0.380. The van der Waals surface area contributed by atoms with Gasteiger partial charge < -0.3 is 4.90 Å². The summed E-state index contributed by atoms with van der Waals surface area (Å²) in [5, 5.41) is 0. The van der Waals surface area contributed by atoms with Crippen LogP contribution < -0.4 is 0 Å². The lowest BCUT2D eigenvalue weighted by Crippen LogP contribution is -2.35. The van der Waals surface area contributed by atoms with Gasteiger partial charge in [-0.15, -0.1) is 11.3 Å². The van der Waals surface area contributed by atoms with Gasteiger partial charge in [0, 0.05) is 37.4 Å². The number of hydrogen-bond acceptors (Lipinski definition) is 3. The summed E-state index contributed by atoms with van der Waals surface area (Å²) >= 11 is 7.51. The second-order valence-electron chi connectivity index (χ2n) is 3.84. The first-order chi connectivity index (χ1) is 7.24. The minimum absolute atomic E-state index is 0.408. The first kappa shape index (κ1) is 11.1. The highest BCUT2D eigenvalue weighted by Gasteiger charge is 2.15. The summed E-state index contributed by atoms with van der Waals surface area (Å²) in [5.74, 6) is 0.408. The average Bonchev–Trinajstić information content (AvgIpc) is 2.64. The molecular weight excluding hydrogens is 230 g/mol. The summed E-state index contributed by atoms with van der Waals surface area (Å²) in [6.45, 7) is 2.90. The van der Waals surface area contributed by atoms with Gasteiger partial charge in [-0.2, -0.15) is 0 Å². The van der Waals surface area contributed by atoms with Crippen molar-refractivity contribution in [3.05, 3.63) is 21.3 Å². The average molecular weight is 244 g/mol. The topological polar surface area (TPSA) is 20.3 Å². The fourth-order valence-corrected chi connectivity index (χ4v) is 2.86. The number of hydrogen-bond donors (Lipinski definition) is 0. The summed E-state index contributed by atoms with van der Waals surface area (Å²) < 4.78 is 0.860. The Morgan fingerprint density at radius 2 is 2.07 bits per heavy atom. The van der Waals surface area contributed by atoms with Crippen LogP contribution >= 0.6 is 22.9 Å². The molecule has 1 aromatic rings. The van der Waals surface area contributed by atoms with Crippen LogP contribution in [0.3, 0.4) is 0 Å². The number of halogens is 1. The van der Waals surface area contributed by atoms with Crippen LogP contribution in [0.4, 0.5) is 0 Å². The van der Waals surface area contributed by atoms with Gasteiger partial charge in [0.05, 0.1) is 4.34 Å². The fraction of sp³-hybridized carbons (Fsp3) is 0.545. The van der Waals surface area contributed by atoms with E-state index in [4.69, 9.17) is 11.6 Å². The molecule has 0 saturated carbocycles. The number of carbonyl (C=O) groups excluding carboxylic acids is 1. The van der Waals surface area contributed by atoms with Crippen molar-refractivity contribution in [2.45, 2.75) is 19.3 Å². The zero-order valence-electron chi connectivity index (χ0n) is 8.54. The van der Waals surface area contributed by atoms with Crippen LogP contribution in [0, 0.1) is 0 Å². The van der Waals surface area contributed by atoms with E-state index >= 15 is 0 Å². The van der Waals surface area contributed by atoms with Crippen LogP contribution in [0.15, 0.2) is 12.1 Å². The maximum absolute atomic E-state index is 11.0. The lowest BCUT2D eigenvalue weighted by atomic mass is 10.1. The second-order valence-corrected chi connectivity index (χ2v) is 5.64. The van der Waals surface area contributed by atoms with E-state index in [-0.39, 0.29) is 0 Å². The SMILES string of the molecule is O=C1CCN(CCc2ccc(Cl)s2)CC1. The van der Waals surface area contributed by atoms with Gasteiger partial charge in [0.25, 0.3) is 0 Å². The van der Waals surface area contributed by atoms with E-state index in [0.717, 1.165) is 43.2 Å². The molecule has 82 valence electrons. The van der Waals surface area contributed by atoms with Crippen molar-refractivity contribution in [3.8, 4) is 0 Å². The number of rotatable bonds is 3. The quantitative estimate of drug-likeness (QED) is 0.814. The van der Waals surface area contributed by atoms with Crippen molar-refractivity contribution in [1.29, 1.82) is 0 Å². The Morgan fingerprint density at radius 3 is 2.67 bits per heavy atom. The van der Waals surface area contributed by atoms with Crippen molar-refractivity contribution < 1.29 is 4.79 Å². The van der Waals surface area contributed by atoms with E-state index in [9.17, 15) is 4.79 Å². The van der Waals surface area contributed by atoms with E-state index < -0.39 is 0 Å². The highest BCUT2D eigenvalue weighted by atomic mass is 35.5. The van der Waals surface area contributed by atoms with Crippen LogP contribution in [0.25, 0.3) is 0 Å². The van der Waals surface area contributed by atoms with E-state index in [2.05, 4.69) is 11.0 Å². The van der Waals surface area contributed by atoms with Gasteiger partial charge in [-0.05, 0) is 18.6 Å². The maximum Gasteiger partial charge on any atom is 0.135 e. The second kappa shape index (κ2) is 5.10. The van der Waals surface area contributed by atoms with Crippen LogP contribution in [0.2, 0.25) is 4.34 Å². The summed E-state index contributed by atoms with van der Waals surface area (Å²) in [5.41, 5.74) is 0. The molecule has 0 atom stereocenters. The Morgan fingerprint density at radius 1 is 1.33 bits per heavy atom. The zero-order chi connectivity index (χ0) is 10.7. The van der Waals surface area contributed by atoms with Crippen LogP contribution in [0.5, 0.6) is 0 Å². The molecule has 0 unspecified atom stereocenters. The third kappa shape index (κ3) is 3.30. The first-order valence-electron chi connectivity index (χ1n) is 5.22. The molecule has 0 N–H and O–H groups in total. The first-order valence-corrected chi connectivity index (χ1v) is 6.42. The van der Waals surface area contributed by atoms with Gasteiger partial charge in [0.1, 0.15) is 5.78 Å². The third-order valence-electron chi connectivity index (χ3n) is 2.72. The highest BCUT2D eigenvalue weighted by Crippen LogP contribution is 2.22. The van der Waals surface area contributed by atoms with Crippen molar-refractivity contribution in [2.24, 2.45) is 0 Å². The Kier molecular flexibility index (Phi) is 3.78.